The zero-order valence-corrected chi connectivity index (χ0v) is 24.0. The Hall–Kier alpha value is -3.40. The molecule has 0 aromatic heterocycles. The number of amides is 2. The second kappa shape index (κ2) is 13.1. The van der Waals surface area contributed by atoms with E-state index in [2.05, 4.69) is 10.2 Å². The van der Waals surface area contributed by atoms with Crippen molar-refractivity contribution < 1.29 is 23.8 Å². The number of piperazine rings is 1. The Labute approximate surface area is 238 Å². The van der Waals surface area contributed by atoms with Gasteiger partial charge >= 0.3 is 0 Å². The Bertz CT molecular complexity index is 1330. The third-order valence-corrected chi connectivity index (χ3v) is 7.75. The molecule has 1 aliphatic heterocycles. The van der Waals surface area contributed by atoms with E-state index >= 15 is 0 Å². The van der Waals surface area contributed by atoms with Crippen LogP contribution in [0.2, 0.25) is 5.02 Å². The Morgan fingerprint density at radius 3 is 2.21 bits per heavy atom. The van der Waals surface area contributed by atoms with E-state index in [1.807, 2.05) is 53.4 Å². The first kappa shape index (κ1) is 28.6. The van der Waals surface area contributed by atoms with Gasteiger partial charge in [0.05, 0.1) is 27.0 Å². The zero-order valence-electron chi connectivity index (χ0n) is 22.5. The molecule has 8 nitrogen and oxygen atoms in total. The molecule has 1 fully saturated rings. The smallest absolute Gasteiger partial charge is 0.254 e. The molecule has 3 aromatic carbocycles. The van der Waals surface area contributed by atoms with Crippen molar-refractivity contribution in [2.24, 2.45) is 0 Å². The summed E-state index contributed by atoms with van der Waals surface area (Å²) in [4.78, 5) is 31.2. The molecule has 39 heavy (non-hydrogen) atoms. The van der Waals surface area contributed by atoms with Gasteiger partial charge in [-0.3, -0.25) is 14.5 Å². The van der Waals surface area contributed by atoms with Gasteiger partial charge in [-0.25, -0.2) is 0 Å². The third kappa shape index (κ3) is 6.98. The molecule has 1 N–H and O–H groups in total. The number of carbonyl (C=O) groups is 2. The lowest BCUT2D eigenvalue weighted by atomic mass is 10.1. The molecule has 3 aromatic rings. The molecule has 0 saturated carbocycles. The molecule has 1 heterocycles. The molecule has 1 aliphatic rings. The minimum absolute atomic E-state index is 0.0620. The van der Waals surface area contributed by atoms with Crippen molar-refractivity contribution in [2.45, 2.75) is 23.3 Å². The van der Waals surface area contributed by atoms with E-state index < -0.39 is 0 Å². The van der Waals surface area contributed by atoms with Gasteiger partial charge in [-0.05, 0) is 48.5 Å². The van der Waals surface area contributed by atoms with Crippen molar-refractivity contribution in [3.8, 4) is 17.2 Å². The Kier molecular flexibility index (Phi) is 9.61. The SMILES string of the molecule is COc1ccc(CN2CCN(C(=O)c3ccc(Sc4ccc(Cl)cc4)c(NC(C)=O)c3)CC2)c(OC)c1OC. The largest absolute Gasteiger partial charge is 0.493 e. The fourth-order valence-corrected chi connectivity index (χ4v) is 5.50. The number of nitrogens with zero attached hydrogens (tertiary/aromatic N) is 2. The van der Waals surface area contributed by atoms with Crippen molar-refractivity contribution >= 4 is 40.9 Å². The molecule has 0 bridgehead atoms. The van der Waals surface area contributed by atoms with Crippen molar-refractivity contribution in [3.63, 3.8) is 0 Å². The second-order valence-electron chi connectivity index (χ2n) is 9.01. The van der Waals surface area contributed by atoms with E-state index in [4.69, 9.17) is 25.8 Å². The summed E-state index contributed by atoms with van der Waals surface area (Å²) >= 11 is 7.50. The number of halogens is 1. The molecule has 10 heteroatoms. The van der Waals surface area contributed by atoms with Crippen molar-refractivity contribution in [3.05, 3.63) is 70.7 Å². The first-order valence-corrected chi connectivity index (χ1v) is 13.7. The van der Waals surface area contributed by atoms with Crippen LogP contribution in [-0.2, 0) is 11.3 Å². The molecule has 206 valence electrons. The van der Waals surface area contributed by atoms with Crippen LogP contribution in [0.4, 0.5) is 5.69 Å². The van der Waals surface area contributed by atoms with Gasteiger partial charge in [-0.2, -0.15) is 0 Å². The Morgan fingerprint density at radius 2 is 1.59 bits per heavy atom. The maximum absolute atomic E-state index is 13.4. The van der Waals surface area contributed by atoms with Gasteiger partial charge < -0.3 is 24.4 Å². The van der Waals surface area contributed by atoms with Crippen LogP contribution in [0.15, 0.2) is 64.4 Å². The average molecular weight is 570 g/mol. The van der Waals surface area contributed by atoms with Crippen LogP contribution in [-0.4, -0.2) is 69.1 Å². The summed E-state index contributed by atoms with van der Waals surface area (Å²) in [6.45, 7) is 4.72. The summed E-state index contributed by atoms with van der Waals surface area (Å²) in [5, 5.41) is 3.53. The lowest BCUT2D eigenvalue weighted by Gasteiger charge is -2.35. The molecule has 2 amide bonds. The molecule has 0 atom stereocenters. The quantitative estimate of drug-likeness (QED) is 0.368. The van der Waals surface area contributed by atoms with Gasteiger partial charge in [-0.1, -0.05) is 29.4 Å². The third-order valence-electron chi connectivity index (χ3n) is 6.42. The maximum Gasteiger partial charge on any atom is 0.254 e. The number of ether oxygens (including phenoxy) is 3. The average Bonchev–Trinajstić information content (AvgIpc) is 2.94. The lowest BCUT2D eigenvalue weighted by Crippen LogP contribution is -2.48. The normalized spacial score (nSPS) is 13.6. The number of hydrogen-bond acceptors (Lipinski definition) is 7. The van der Waals surface area contributed by atoms with Gasteiger partial charge in [0, 0.05) is 65.6 Å². The number of methoxy groups -OCH3 is 3. The van der Waals surface area contributed by atoms with E-state index in [0.29, 0.717) is 66.2 Å². The first-order chi connectivity index (χ1) is 18.8. The van der Waals surface area contributed by atoms with Gasteiger partial charge in [0.25, 0.3) is 5.91 Å². The van der Waals surface area contributed by atoms with Gasteiger partial charge in [0.2, 0.25) is 11.7 Å². The fourth-order valence-electron chi connectivity index (χ4n) is 4.49. The summed E-state index contributed by atoms with van der Waals surface area (Å²) < 4.78 is 16.5. The van der Waals surface area contributed by atoms with E-state index in [1.54, 1.807) is 27.4 Å². The van der Waals surface area contributed by atoms with E-state index in [9.17, 15) is 9.59 Å². The van der Waals surface area contributed by atoms with Crippen molar-refractivity contribution in [2.75, 3.05) is 52.8 Å². The minimum Gasteiger partial charge on any atom is -0.493 e. The Balaban J connectivity index is 1.43. The molecular weight excluding hydrogens is 538 g/mol. The fraction of sp³-hybridized carbons (Fsp3) is 0.310. The highest BCUT2D eigenvalue weighted by Crippen LogP contribution is 2.40. The summed E-state index contributed by atoms with van der Waals surface area (Å²) in [5.41, 5.74) is 2.13. The minimum atomic E-state index is -0.197. The van der Waals surface area contributed by atoms with Crippen LogP contribution in [0, 0.1) is 0 Å². The summed E-state index contributed by atoms with van der Waals surface area (Å²) in [6.07, 6.45) is 0. The molecular formula is C29H32ClN3O5S. The maximum atomic E-state index is 13.4. The zero-order chi connectivity index (χ0) is 27.9. The van der Waals surface area contributed by atoms with Crippen LogP contribution < -0.4 is 19.5 Å². The highest BCUT2D eigenvalue weighted by molar-refractivity contribution is 7.99. The standard InChI is InChI=1S/C29H32ClN3O5S/c1-19(34)31-24-17-20(6-12-26(24)39-23-9-7-22(30)8-10-23)29(35)33-15-13-32(14-16-33)18-21-5-11-25(36-2)28(38-4)27(21)37-3/h5-12,17H,13-16,18H2,1-4H3,(H,31,34). The van der Waals surface area contributed by atoms with Crippen molar-refractivity contribution in [1.29, 1.82) is 0 Å². The summed E-state index contributed by atoms with van der Waals surface area (Å²) in [6, 6.07) is 16.8. The molecule has 4 rings (SSSR count). The number of hydrogen-bond donors (Lipinski definition) is 1. The van der Waals surface area contributed by atoms with Crippen LogP contribution in [0.3, 0.4) is 0 Å². The number of benzene rings is 3. The molecule has 0 unspecified atom stereocenters. The first-order valence-electron chi connectivity index (χ1n) is 12.5. The summed E-state index contributed by atoms with van der Waals surface area (Å²) in [7, 11) is 4.80. The summed E-state index contributed by atoms with van der Waals surface area (Å²) in [5.74, 6) is 1.57. The lowest BCUT2D eigenvalue weighted by molar-refractivity contribution is -0.114. The highest BCUT2D eigenvalue weighted by Gasteiger charge is 2.25. The molecule has 1 saturated heterocycles. The topological polar surface area (TPSA) is 80.3 Å². The van der Waals surface area contributed by atoms with Gasteiger partial charge in [-0.15, -0.1) is 0 Å². The van der Waals surface area contributed by atoms with Crippen LogP contribution in [0.1, 0.15) is 22.8 Å². The van der Waals surface area contributed by atoms with E-state index in [1.165, 1.54) is 18.7 Å². The van der Waals surface area contributed by atoms with Gasteiger partial charge in [0.15, 0.2) is 11.5 Å². The number of anilines is 1. The van der Waals surface area contributed by atoms with Crippen LogP contribution >= 0.6 is 23.4 Å². The van der Waals surface area contributed by atoms with Crippen LogP contribution in [0.25, 0.3) is 0 Å². The number of rotatable bonds is 9. The highest BCUT2D eigenvalue weighted by atomic mass is 35.5. The van der Waals surface area contributed by atoms with E-state index in [-0.39, 0.29) is 11.8 Å². The predicted octanol–water partition coefficient (Wildman–Crippen LogP) is 5.43. The monoisotopic (exact) mass is 569 g/mol. The number of nitrogens with one attached hydrogen (secondary N) is 1. The predicted molar refractivity (Wildman–Crippen MR) is 154 cm³/mol. The molecule has 0 radical (unpaired) electrons. The second-order valence-corrected chi connectivity index (χ2v) is 10.6. The number of carbonyl (C=O) groups excluding carboxylic acids is 2. The molecule has 0 spiro atoms. The van der Waals surface area contributed by atoms with Crippen LogP contribution in [0.5, 0.6) is 17.2 Å². The Morgan fingerprint density at radius 1 is 0.897 bits per heavy atom. The van der Waals surface area contributed by atoms with Gasteiger partial charge in [0.1, 0.15) is 0 Å². The molecule has 0 aliphatic carbocycles. The van der Waals surface area contributed by atoms with E-state index in [0.717, 1.165) is 15.4 Å². The van der Waals surface area contributed by atoms with Crippen molar-refractivity contribution in [1.82, 2.24) is 9.80 Å².